The summed E-state index contributed by atoms with van der Waals surface area (Å²) in [5.74, 6) is 0. The molecule has 0 aliphatic heterocycles. The molecule has 0 radical (unpaired) electrons. The van der Waals surface area contributed by atoms with Gasteiger partial charge in [-0.1, -0.05) is 12.1 Å². The molecule has 0 aliphatic carbocycles. The third-order valence-corrected chi connectivity index (χ3v) is 2.70. The molecule has 2 N–H and O–H groups in total. The van der Waals surface area contributed by atoms with Gasteiger partial charge in [0.15, 0.2) is 11.1 Å². The van der Waals surface area contributed by atoms with Crippen molar-refractivity contribution in [3.8, 4) is 0 Å². The van der Waals surface area contributed by atoms with Crippen LogP contribution >= 0.6 is 0 Å². The number of benzene rings is 1. The fourth-order valence-corrected chi connectivity index (χ4v) is 1.88. The van der Waals surface area contributed by atoms with Crippen molar-refractivity contribution < 1.29 is 8.76 Å². The molecular formula is C9H9NO2S. The highest BCUT2D eigenvalue weighted by Gasteiger charge is 2.07. The molecule has 4 heteroatoms. The van der Waals surface area contributed by atoms with Crippen molar-refractivity contribution in [2.24, 2.45) is 0 Å². The van der Waals surface area contributed by atoms with Gasteiger partial charge in [0.2, 0.25) is 0 Å². The zero-order valence-corrected chi connectivity index (χ0v) is 7.89. The van der Waals surface area contributed by atoms with E-state index in [0.717, 1.165) is 16.5 Å². The van der Waals surface area contributed by atoms with Crippen molar-refractivity contribution in [1.82, 2.24) is 4.98 Å². The van der Waals surface area contributed by atoms with Gasteiger partial charge >= 0.3 is 0 Å². The Labute approximate surface area is 78.1 Å². The molecule has 0 saturated heterocycles. The second kappa shape index (κ2) is 2.97. The number of hydrogen-bond donors (Lipinski definition) is 2. The Balaban J connectivity index is 2.76. The Morgan fingerprint density at radius 2 is 2.23 bits per heavy atom. The van der Waals surface area contributed by atoms with Gasteiger partial charge in [-0.2, -0.15) is 0 Å². The van der Waals surface area contributed by atoms with Gasteiger partial charge in [0.1, 0.15) is 0 Å². The Bertz CT molecular complexity index is 475. The van der Waals surface area contributed by atoms with Crippen LogP contribution in [0.25, 0.3) is 10.9 Å². The maximum absolute atomic E-state index is 10.9. The van der Waals surface area contributed by atoms with E-state index in [-0.39, 0.29) is 0 Å². The summed E-state index contributed by atoms with van der Waals surface area (Å²) < 4.78 is 19.8. The van der Waals surface area contributed by atoms with Gasteiger partial charge in [0.25, 0.3) is 0 Å². The molecule has 0 fully saturated rings. The minimum Gasteiger partial charge on any atom is -0.360 e. The molecule has 0 bridgehead atoms. The summed E-state index contributed by atoms with van der Waals surface area (Å²) in [7, 11) is 0. The maximum atomic E-state index is 10.9. The molecule has 13 heavy (non-hydrogen) atoms. The van der Waals surface area contributed by atoms with Crippen molar-refractivity contribution in [2.45, 2.75) is 11.8 Å². The highest BCUT2D eigenvalue weighted by atomic mass is 32.2. The zero-order valence-electron chi connectivity index (χ0n) is 7.07. The first kappa shape index (κ1) is 8.47. The van der Waals surface area contributed by atoms with Gasteiger partial charge in [-0.05, 0) is 18.6 Å². The largest absolute Gasteiger partial charge is 0.360 e. The zero-order chi connectivity index (χ0) is 9.42. The van der Waals surface area contributed by atoms with Crippen LogP contribution in [-0.2, 0) is 11.1 Å². The smallest absolute Gasteiger partial charge is 0.188 e. The molecule has 0 saturated carbocycles. The van der Waals surface area contributed by atoms with Gasteiger partial charge in [-0.25, -0.2) is 4.21 Å². The van der Waals surface area contributed by atoms with Crippen LogP contribution in [0.1, 0.15) is 5.56 Å². The number of nitrogens with one attached hydrogen (secondary N) is 1. The molecule has 0 aliphatic rings. The summed E-state index contributed by atoms with van der Waals surface area (Å²) in [4.78, 5) is 3.40. The minimum absolute atomic E-state index is 0.440. The lowest BCUT2D eigenvalue weighted by atomic mass is 10.2. The number of aromatic amines is 1. The third kappa shape index (κ3) is 1.38. The molecule has 0 spiro atoms. The topological polar surface area (TPSA) is 53.1 Å². The van der Waals surface area contributed by atoms with Gasteiger partial charge in [-0.3, -0.25) is 0 Å². The van der Waals surface area contributed by atoms with Crippen LogP contribution in [0.2, 0.25) is 0 Å². The molecule has 2 aromatic rings. The molecule has 1 aromatic heterocycles. The van der Waals surface area contributed by atoms with Crippen LogP contribution in [0.4, 0.5) is 0 Å². The summed E-state index contributed by atoms with van der Waals surface area (Å²) in [6.07, 6.45) is 1.57. The van der Waals surface area contributed by atoms with E-state index in [4.69, 9.17) is 4.55 Å². The number of aryl methyl sites for hydroxylation is 1. The summed E-state index contributed by atoms with van der Waals surface area (Å²) in [6.45, 7) is 1.98. The first-order valence-electron chi connectivity index (χ1n) is 3.87. The Morgan fingerprint density at radius 3 is 2.92 bits per heavy atom. The fraction of sp³-hybridized carbons (Fsp3) is 0.111. The summed E-state index contributed by atoms with van der Waals surface area (Å²) in [5, 5.41) is 0.812. The quantitative estimate of drug-likeness (QED) is 0.684. The molecule has 2 rings (SSSR count). The molecule has 1 heterocycles. The van der Waals surface area contributed by atoms with Crippen molar-refractivity contribution in [2.75, 3.05) is 0 Å². The average Bonchev–Trinajstić information content (AvgIpc) is 2.46. The van der Waals surface area contributed by atoms with E-state index in [9.17, 15) is 4.21 Å². The van der Waals surface area contributed by atoms with Gasteiger partial charge in [0, 0.05) is 17.1 Å². The SMILES string of the molecule is Cc1ccc2c(S(=O)O)c[nH]c2c1. The van der Waals surface area contributed by atoms with E-state index in [0.29, 0.717) is 4.90 Å². The normalized spacial score (nSPS) is 13.4. The van der Waals surface area contributed by atoms with E-state index >= 15 is 0 Å². The number of aromatic nitrogens is 1. The maximum Gasteiger partial charge on any atom is 0.188 e. The lowest BCUT2D eigenvalue weighted by Gasteiger charge is -1.94. The van der Waals surface area contributed by atoms with E-state index < -0.39 is 11.1 Å². The highest BCUT2D eigenvalue weighted by molar-refractivity contribution is 7.79. The molecule has 68 valence electrons. The van der Waals surface area contributed by atoms with Gasteiger partial charge in [0.05, 0.1) is 4.90 Å². The molecular weight excluding hydrogens is 186 g/mol. The minimum atomic E-state index is -1.91. The number of H-pyrrole nitrogens is 1. The van der Waals surface area contributed by atoms with Crippen LogP contribution in [0.5, 0.6) is 0 Å². The van der Waals surface area contributed by atoms with E-state index in [1.165, 1.54) is 0 Å². The lowest BCUT2D eigenvalue weighted by molar-refractivity contribution is 0.565. The molecule has 0 amide bonds. The van der Waals surface area contributed by atoms with E-state index in [2.05, 4.69) is 4.98 Å². The highest BCUT2D eigenvalue weighted by Crippen LogP contribution is 2.21. The van der Waals surface area contributed by atoms with Crippen molar-refractivity contribution in [3.05, 3.63) is 30.0 Å². The molecule has 1 aromatic carbocycles. The summed E-state index contributed by atoms with van der Waals surface area (Å²) >= 11 is -1.91. The lowest BCUT2D eigenvalue weighted by Crippen LogP contribution is -1.84. The van der Waals surface area contributed by atoms with Crippen LogP contribution < -0.4 is 0 Å². The number of hydrogen-bond acceptors (Lipinski definition) is 1. The monoisotopic (exact) mass is 195 g/mol. The standard InChI is InChI=1S/C9H9NO2S/c1-6-2-3-7-8(4-6)10-5-9(7)13(11)12/h2-5,10H,1H3,(H,11,12). The third-order valence-electron chi connectivity index (χ3n) is 1.99. The fourth-order valence-electron chi connectivity index (χ4n) is 1.36. The van der Waals surface area contributed by atoms with E-state index in [1.807, 2.05) is 25.1 Å². The second-order valence-corrected chi connectivity index (χ2v) is 3.89. The van der Waals surface area contributed by atoms with Crippen molar-refractivity contribution in [3.63, 3.8) is 0 Å². The Hall–Kier alpha value is -1.13. The van der Waals surface area contributed by atoms with Gasteiger partial charge in [-0.15, -0.1) is 0 Å². The van der Waals surface area contributed by atoms with Crippen molar-refractivity contribution in [1.29, 1.82) is 0 Å². The predicted octanol–water partition coefficient (Wildman–Crippen LogP) is 2.06. The second-order valence-electron chi connectivity index (χ2n) is 2.95. The first-order chi connectivity index (χ1) is 6.18. The van der Waals surface area contributed by atoms with Crippen molar-refractivity contribution >= 4 is 22.0 Å². The van der Waals surface area contributed by atoms with E-state index in [1.54, 1.807) is 6.20 Å². The molecule has 1 atom stereocenters. The first-order valence-corrected chi connectivity index (χ1v) is 4.98. The molecule has 1 unspecified atom stereocenters. The predicted molar refractivity (Wildman–Crippen MR) is 52.1 cm³/mol. The van der Waals surface area contributed by atoms with Crippen LogP contribution in [-0.4, -0.2) is 13.7 Å². The number of rotatable bonds is 1. The molecule has 3 nitrogen and oxygen atoms in total. The Kier molecular flexibility index (Phi) is 1.94. The summed E-state index contributed by atoms with van der Waals surface area (Å²) in [6, 6.07) is 5.73. The average molecular weight is 195 g/mol. The summed E-state index contributed by atoms with van der Waals surface area (Å²) in [5.41, 5.74) is 2.03. The van der Waals surface area contributed by atoms with Crippen LogP contribution in [0.15, 0.2) is 29.3 Å². The van der Waals surface area contributed by atoms with Crippen LogP contribution in [0, 0.1) is 6.92 Å². The number of fused-ring (bicyclic) bond motifs is 1. The van der Waals surface area contributed by atoms with Gasteiger partial charge < -0.3 is 9.54 Å². The van der Waals surface area contributed by atoms with Crippen LogP contribution in [0.3, 0.4) is 0 Å². The Morgan fingerprint density at radius 1 is 1.46 bits per heavy atom.